The Kier molecular flexibility index (Phi) is 6.87. The minimum Gasteiger partial charge on any atom is -0.507 e. The van der Waals surface area contributed by atoms with Crippen LogP contribution < -0.4 is 0 Å². The van der Waals surface area contributed by atoms with Gasteiger partial charge >= 0.3 is 6.03 Å². The monoisotopic (exact) mass is 466 g/mol. The molecule has 3 aliphatic heterocycles. The molecule has 0 atom stereocenters. The SMILES string of the molecule is O=C(c1cc2ccccc2c(CN2CCN(C(=O)N3CCCCC3)CC2)c1O)N1CCOCC1. The van der Waals surface area contributed by atoms with Gasteiger partial charge in [0.05, 0.1) is 18.8 Å². The molecule has 8 nitrogen and oxygen atoms in total. The lowest BCUT2D eigenvalue weighted by Gasteiger charge is -2.38. The largest absolute Gasteiger partial charge is 0.507 e. The first-order valence-corrected chi connectivity index (χ1v) is 12.5. The normalized spacial score (nSPS) is 20.1. The van der Waals surface area contributed by atoms with Crippen LogP contribution in [0.5, 0.6) is 5.75 Å². The first kappa shape index (κ1) is 22.9. The highest BCUT2D eigenvalue weighted by molar-refractivity contribution is 6.03. The van der Waals surface area contributed by atoms with Crippen LogP contribution in [0.15, 0.2) is 30.3 Å². The number of hydrogen-bond acceptors (Lipinski definition) is 5. The molecule has 3 fully saturated rings. The molecule has 3 aliphatic rings. The van der Waals surface area contributed by atoms with E-state index >= 15 is 0 Å². The van der Waals surface area contributed by atoms with Gasteiger partial charge in [-0.3, -0.25) is 9.69 Å². The van der Waals surface area contributed by atoms with Gasteiger partial charge in [0.1, 0.15) is 5.75 Å². The fourth-order valence-electron chi connectivity index (χ4n) is 5.28. The molecular formula is C26H34N4O4. The van der Waals surface area contributed by atoms with Crippen LogP contribution in [0.25, 0.3) is 10.8 Å². The summed E-state index contributed by atoms with van der Waals surface area (Å²) >= 11 is 0. The molecule has 0 unspecified atom stereocenters. The fraction of sp³-hybridized carbons (Fsp3) is 0.538. The Morgan fingerprint density at radius 3 is 2.24 bits per heavy atom. The minimum atomic E-state index is -0.148. The highest BCUT2D eigenvalue weighted by atomic mass is 16.5. The molecule has 5 rings (SSSR count). The molecule has 2 aromatic rings. The summed E-state index contributed by atoms with van der Waals surface area (Å²) in [6.07, 6.45) is 3.40. The van der Waals surface area contributed by atoms with E-state index in [1.165, 1.54) is 6.42 Å². The van der Waals surface area contributed by atoms with Gasteiger partial charge in [-0.15, -0.1) is 0 Å². The lowest BCUT2D eigenvalue weighted by molar-refractivity contribution is 0.0301. The Bertz CT molecular complexity index is 1040. The molecule has 3 saturated heterocycles. The molecule has 0 aliphatic carbocycles. The molecule has 34 heavy (non-hydrogen) atoms. The Labute approximate surface area is 200 Å². The summed E-state index contributed by atoms with van der Waals surface area (Å²) in [5.41, 5.74) is 1.14. The van der Waals surface area contributed by atoms with Gasteiger partial charge in [-0.25, -0.2) is 4.79 Å². The lowest BCUT2D eigenvalue weighted by atomic mass is 9.97. The molecule has 3 heterocycles. The standard InChI is InChI=1S/C26H34N4O4/c31-24-22(25(32)28-14-16-34-17-15-28)18-20-6-2-3-7-21(20)23(24)19-27-10-12-30(13-11-27)26(33)29-8-4-1-5-9-29/h2-3,6-7,18,31H,1,4-5,8-17,19H2. The van der Waals surface area contributed by atoms with Crippen molar-refractivity contribution >= 4 is 22.7 Å². The number of fused-ring (bicyclic) bond motifs is 1. The van der Waals surface area contributed by atoms with Crippen LogP contribution >= 0.6 is 0 Å². The molecular weight excluding hydrogens is 432 g/mol. The number of hydrogen-bond donors (Lipinski definition) is 1. The van der Waals surface area contributed by atoms with Crippen molar-refractivity contribution < 1.29 is 19.4 Å². The van der Waals surface area contributed by atoms with Crippen molar-refractivity contribution in [2.24, 2.45) is 0 Å². The zero-order chi connectivity index (χ0) is 23.5. The van der Waals surface area contributed by atoms with Crippen LogP contribution in [-0.2, 0) is 11.3 Å². The van der Waals surface area contributed by atoms with E-state index < -0.39 is 0 Å². The molecule has 182 valence electrons. The molecule has 0 bridgehead atoms. The molecule has 2 aromatic carbocycles. The number of urea groups is 1. The zero-order valence-corrected chi connectivity index (χ0v) is 19.7. The molecule has 0 spiro atoms. The van der Waals surface area contributed by atoms with E-state index in [2.05, 4.69) is 4.90 Å². The van der Waals surface area contributed by atoms with Gasteiger partial charge in [-0.1, -0.05) is 24.3 Å². The summed E-state index contributed by atoms with van der Waals surface area (Å²) in [6.45, 7) is 7.24. The number of rotatable bonds is 3. The summed E-state index contributed by atoms with van der Waals surface area (Å²) < 4.78 is 5.38. The smallest absolute Gasteiger partial charge is 0.320 e. The van der Waals surface area contributed by atoms with E-state index in [4.69, 9.17) is 4.74 Å². The number of carbonyl (C=O) groups excluding carboxylic acids is 2. The van der Waals surface area contributed by atoms with Crippen LogP contribution in [0.1, 0.15) is 35.2 Å². The van der Waals surface area contributed by atoms with Gasteiger partial charge in [0.25, 0.3) is 5.91 Å². The second-order valence-corrected chi connectivity index (χ2v) is 9.47. The number of phenols is 1. The summed E-state index contributed by atoms with van der Waals surface area (Å²) in [6, 6.07) is 9.88. The van der Waals surface area contributed by atoms with E-state index in [1.807, 2.05) is 34.1 Å². The van der Waals surface area contributed by atoms with Gasteiger partial charge in [0, 0.05) is 64.5 Å². The second kappa shape index (κ2) is 10.2. The Hall–Kier alpha value is -2.84. The van der Waals surface area contributed by atoms with Gasteiger partial charge in [0.15, 0.2) is 0 Å². The van der Waals surface area contributed by atoms with Gasteiger partial charge < -0.3 is 24.5 Å². The number of morpholine rings is 1. The van der Waals surface area contributed by atoms with Crippen LogP contribution in [0.2, 0.25) is 0 Å². The van der Waals surface area contributed by atoms with Crippen LogP contribution in [0.4, 0.5) is 4.79 Å². The lowest BCUT2D eigenvalue weighted by Crippen LogP contribution is -2.53. The quantitative estimate of drug-likeness (QED) is 0.753. The highest BCUT2D eigenvalue weighted by Crippen LogP contribution is 2.33. The third kappa shape index (κ3) is 4.70. The fourth-order valence-corrected chi connectivity index (χ4v) is 5.28. The molecule has 8 heteroatoms. The first-order chi connectivity index (χ1) is 16.6. The van der Waals surface area contributed by atoms with Crippen molar-refractivity contribution in [2.45, 2.75) is 25.8 Å². The van der Waals surface area contributed by atoms with Crippen LogP contribution in [0, 0.1) is 0 Å². The van der Waals surface area contributed by atoms with Crippen LogP contribution in [-0.4, -0.2) is 102 Å². The number of amides is 3. The van der Waals surface area contributed by atoms with E-state index in [1.54, 1.807) is 11.0 Å². The van der Waals surface area contributed by atoms with Crippen LogP contribution in [0.3, 0.4) is 0 Å². The van der Waals surface area contributed by atoms with E-state index in [9.17, 15) is 14.7 Å². The number of carbonyl (C=O) groups is 2. The summed E-state index contributed by atoms with van der Waals surface area (Å²) in [7, 11) is 0. The number of phenolic OH excluding ortho intramolecular Hbond substituents is 1. The molecule has 0 radical (unpaired) electrons. The van der Waals surface area contributed by atoms with Gasteiger partial charge in [0.2, 0.25) is 0 Å². The Morgan fingerprint density at radius 1 is 0.824 bits per heavy atom. The third-order valence-corrected chi connectivity index (χ3v) is 7.31. The number of piperazine rings is 1. The van der Waals surface area contributed by atoms with Crippen molar-refractivity contribution in [2.75, 3.05) is 65.6 Å². The molecule has 3 amide bonds. The number of nitrogens with zero attached hydrogens (tertiary/aromatic N) is 4. The molecule has 0 saturated carbocycles. The predicted molar refractivity (Wildman–Crippen MR) is 130 cm³/mol. The van der Waals surface area contributed by atoms with Crippen molar-refractivity contribution in [3.8, 4) is 5.75 Å². The maximum Gasteiger partial charge on any atom is 0.320 e. The van der Waals surface area contributed by atoms with Crippen molar-refractivity contribution in [1.29, 1.82) is 0 Å². The number of aromatic hydroxyl groups is 1. The zero-order valence-electron chi connectivity index (χ0n) is 19.7. The van der Waals surface area contributed by atoms with E-state index in [-0.39, 0.29) is 17.7 Å². The average Bonchev–Trinajstić information content (AvgIpc) is 2.90. The molecule has 0 aromatic heterocycles. The number of piperidine rings is 1. The number of ether oxygens (including phenoxy) is 1. The summed E-state index contributed by atoms with van der Waals surface area (Å²) in [5, 5.41) is 13.2. The second-order valence-electron chi connectivity index (χ2n) is 9.47. The summed E-state index contributed by atoms with van der Waals surface area (Å²) in [4.78, 5) is 34.0. The third-order valence-electron chi connectivity index (χ3n) is 7.31. The number of likely N-dealkylation sites (tertiary alicyclic amines) is 1. The topological polar surface area (TPSA) is 76.6 Å². The Morgan fingerprint density at radius 2 is 1.50 bits per heavy atom. The van der Waals surface area contributed by atoms with Crippen molar-refractivity contribution in [3.05, 3.63) is 41.5 Å². The van der Waals surface area contributed by atoms with Crippen molar-refractivity contribution in [1.82, 2.24) is 19.6 Å². The van der Waals surface area contributed by atoms with E-state index in [0.29, 0.717) is 51.5 Å². The van der Waals surface area contributed by atoms with Crippen molar-refractivity contribution in [3.63, 3.8) is 0 Å². The average molecular weight is 467 g/mol. The summed E-state index contributed by atoms with van der Waals surface area (Å²) in [5.74, 6) is -0.0771. The van der Waals surface area contributed by atoms with Gasteiger partial charge in [-0.2, -0.15) is 0 Å². The van der Waals surface area contributed by atoms with Gasteiger partial charge in [-0.05, 0) is 36.1 Å². The maximum absolute atomic E-state index is 13.2. The van der Waals surface area contributed by atoms with E-state index in [0.717, 1.165) is 55.4 Å². The first-order valence-electron chi connectivity index (χ1n) is 12.5. The Balaban J connectivity index is 1.33. The predicted octanol–water partition coefficient (Wildman–Crippen LogP) is 2.74. The minimum absolute atomic E-state index is 0.0713. The highest BCUT2D eigenvalue weighted by Gasteiger charge is 2.28. The number of benzene rings is 2. The molecule has 1 N–H and O–H groups in total. The maximum atomic E-state index is 13.2.